The molecule has 0 aromatic carbocycles. The summed E-state index contributed by atoms with van der Waals surface area (Å²) in [6, 6.07) is -0.0151. The van der Waals surface area contributed by atoms with Crippen LogP contribution in [0.2, 0.25) is 0 Å². The molecule has 0 aliphatic carbocycles. The van der Waals surface area contributed by atoms with Crippen LogP contribution < -0.4 is 4.57 Å². The van der Waals surface area contributed by atoms with Crippen LogP contribution in [0.25, 0.3) is 0 Å². The normalized spacial score (nSPS) is 14.1. The minimum atomic E-state index is -0.0151. The highest BCUT2D eigenvalue weighted by Crippen LogP contribution is 2.14. The van der Waals surface area contributed by atoms with Gasteiger partial charge in [0.2, 0.25) is 0 Å². The van der Waals surface area contributed by atoms with Gasteiger partial charge in [-0.3, -0.25) is 0 Å². The van der Waals surface area contributed by atoms with Crippen LogP contribution in [0.15, 0.2) is 5.16 Å². The predicted molar refractivity (Wildman–Crippen MR) is 64.9 cm³/mol. The van der Waals surface area contributed by atoms with Crippen molar-refractivity contribution >= 4 is 5.71 Å². The van der Waals surface area contributed by atoms with Crippen LogP contribution in [-0.2, 0) is 6.42 Å². The van der Waals surface area contributed by atoms with E-state index in [0.717, 1.165) is 30.1 Å². The average Bonchev–Trinajstić information content (AvgIpc) is 2.53. The highest BCUT2D eigenvalue weighted by atomic mass is 16.5. The largest absolute Gasteiger partial charge is 0.411 e. The van der Waals surface area contributed by atoms with Crippen molar-refractivity contribution in [2.45, 2.75) is 53.5 Å². The summed E-state index contributed by atoms with van der Waals surface area (Å²) < 4.78 is 3.25. The van der Waals surface area contributed by atoms with E-state index in [1.807, 2.05) is 32.3 Å². The van der Waals surface area contributed by atoms with Gasteiger partial charge < -0.3 is 10.4 Å². The standard InChI is InChI=1S/C12H21N3O2/c1-6-11(8(3)13-16)14-9(4)12(7-2)15(17)10(14)5/h11H,6-7H2,1-5H3,(H-,16,17)/p+1/b13-8+. The molecule has 1 unspecified atom stereocenters. The van der Waals surface area contributed by atoms with Crippen LogP contribution in [0.3, 0.4) is 0 Å². The van der Waals surface area contributed by atoms with Crippen molar-refractivity contribution in [2.75, 3.05) is 0 Å². The number of rotatable bonds is 4. The van der Waals surface area contributed by atoms with Gasteiger partial charge in [-0.2, -0.15) is 0 Å². The molecule has 0 bridgehead atoms. The van der Waals surface area contributed by atoms with Crippen LogP contribution in [0, 0.1) is 13.8 Å². The molecule has 1 aromatic rings. The van der Waals surface area contributed by atoms with Crippen LogP contribution in [0.1, 0.15) is 50.4 Å². The van der Waals surface area contributed by atoms with Gasteiger partial charge in [-0.1, -0.05) is 19.0 Å². The van der Waals surface area contributed by atoms with E-state index in [2.05, 4.69) is 5.16 Å². The maximum Gasteiger partial charge on any atom is 0.294 e. The Labute approximate surface area is 102 Å². The molecule has 5 nitrogen and oxygen atoms in total. The molecule has 5 heteroatoms. The molecular formula is C12H22N3O2+. The predicted octanol–water partition coefficient (Wildman–Crippen LogP) is 1.99. The van der Waals surface area contributed by atoms with Crippen molar-refractivity contribution in [1.82, 2.24) is 4.73 Å². The Kier molecular flexibility index (Phi) is 4.15. The minimum absolute atomic E-state index is 0.0151. The van der Waals surface area contributed by atoms with E-state index >= 15 is 0 Å². The van der Waals surface area contributed by atoms with Crippen molar-refractivity contribution in [1.29, 1.82) is 0 Å². The first-order chi connectivity index (χ1) is 7.99. The zero-order chi connectivity index (χ0) is 13.2. The topological polar surface area (TPSA) is 61.6 Å². The van der Waals surface area contributed by atoms with Gasteiger partial charge in [0.05, 0.1) is 5.71 Å². The van der Waals surface area contributed by atoms with Crippen molar-refractivity contribution in [3.63, 3.8) is 0 Å². The molecule has 1 atom stereocenters. The highest BCUT2D eigenvalue weighted by molar-refractivity contribution is 5.83. The minimum Gasteiger partial charge on any atom is -0.411 e. The second kappa shape index (κ2) is 5.21. The Morgan fingerprint density at radius 2 is 2.00 bits per heavy atom. The number of hydrogen-bond acceptors (Lipinski definition) is 3. The van der Waals surface area contributed by atoms with E-state index < -0.39 is 0 Å². The summed E-state index contributed by atoms with van der Waals surface area (Å²) in [4.78, 5) is 0. The molecule has 1 rings (SSSR count). The van der Waals surface area contributed by atoms with Gasteiger partial charge in [-0.15, -0.1) is 0 Å². The number of hydrogen-bond donors (Lipinski definition) is 2. The number of nitrogens with zero attached hydrogens (tertiary/aromatic N) is 3. The van der Waals surface area contributed by atoms with E-state index in [4.69, 9.17) is 5.21 Å². The van der Waals surface area contributed by atoms with E-state index in [1.165, 1.54) is 4.73 Å². The molecule has 17 heavy (non-hydrogen) atoms. The second-order valence-electron chi connectivity index (χ2n) is 4.28. The monoisotopic (exact) mass is 240 g/mol. The Morgan fingerprint density at radius 3 is 2.35 bits per heavy atom. The summed E-state index contributed by atoms with van der Waals surface area (Å²) in [5.41, 5.74) is 2.56. The fourth-order valence-corrected chi connectivity index (χ4v) is 2.43. The van der Waals surface area contributed by atoms with Gasteiger partial charge in [-0.05, 0) is 18.1 Å². The van der Waals surface area contributed by atoms with Gasteiger partial charge in [0.15, 0.2) is 5.69 Å². The van der Waals surface area contributed by atoms with E-state index in [1.54, 1.807) is 6.92 Å². The van der Waals surface area contributed by atoms with Crippen LogP contribution in [0.5, 0.6) is 0 Å². The first-order valence-corrected chi connectivity index (χ1v) is 5.99. The smallest absolute Gasteiger partial charge is 0.294 e. The summed E-state index contributed by atoms with van der Waals surface area (Å²) in [5, 5.41) is 22.2. The van der Waals surface area contributed by atoms with E-state index in [9.17, 15) is 5.21 Å². The lowest BCUT2D eigenvalue weighted by atomic mass is 10.1. The van der Waals surface area contributed by atoms with Crippen LogP contribution >= 0.6 is 0 Å². The molecule has 2 N–H and O–H groups in total. The average molecular weight is 240 g/mol. The SMILES string of the molecule is CCc1c(C)[n+](C(CC)/C(C)=N/O)c(C)n1O. The lowest BCUT2D eigenvalue weighted by Gasteiger charge is -2.12. The van der Waals surface area contributed by atoms with Gasteiger partial charge in [-0.25, -0.2) is 4.57 Å². The number of oxime groups is 1. The first kappa shape index (κ1) is 13.5. The zero-order valence-corrected chi connectivity index (χ0v) is 11.2. The van der Waals surface area contributed by atoms with Gasteiger partial charge in [0.25, 0.3) is 5.82 Å². The molecule has 0 radical (unpaired) electrons. The molecule has 0 fully saturated rings. The Bertz CT molecular complexity index is 435. The van der Waals surface area contributed by atoms with Crippen LogP contribution in [-0.4, -0.2) is 20.9 Å². The van der Waals surface area contributed by atoms with Crippen molar-refractivity contribution < 1.29 is 15.0 Å². The summed E-state index contributed by atoms with van der Waals surface area (Å²) >= 11 is 0. The fourth-order valence-electron chi connectivity index (χ4n) is 2.43. The number of aromatic nitrogens is 2. The lowest BCUT2D eigenvalue weighted by molar-refractivity contribution is -0.719. The maximum atomic E-state index is 9.99. The molecule has 1 aromatic heterocycles. The molecule has 0 aliphatic rings. The quantitative estimate of drug-likeness (QED) is 0.278. The molecule has 0 aliphatic heterocycles. The molecule has 0 spiro atoms. The molecule has 0 saturated carbocycles. The fraction of sp³-hybridized carbons (Fsp3) is 0.667. The van der Waals surface area contributed by atoms with Crippen molar-refractivity contribution in [2.24, 2.45) is 5.16 Å². The first-order valence-electron chi connectivity index (χ1n) is 5.99. The van der Waals surface area contributed by atoms with Gasteiger partial charge >= 0.3 is 0 Å². The van der Waals surface area contributed by atoms with Crippen molar-refractivity contribution in [3.8, 4) is 0 Å². The summed E-state index contributed by atoms with van der Waals surface area (Å²) in [7, 11) is 0. The highest BCUT2D eigenvalue weighted by Gasteiger charge is 2.30. The van der Waals surface area contributed by atoms with E-state index in [-0.39, 0.29) is 6.04 Å². The molecule has 1 heterocycles. The summed E-state index contributed by atoms with van der Waals surface area (Å²) in [5.74, 6) is 0.759. The van der Waals surface area contributed by atoms with Crippen molar-refractivity contribution in [3.05, 3.63) is 17.2 Å². The summed E-state index contributed by atoms with van der Waals surface area (Å²) in [6.45, 7) is 9.67. The van der Waals surface area contributed by atoms with Gasteiger partial charge in [0.1, 0.15) is 11.7 Å². The Balaban J connectivity index is 3.40. The molecule has 96 valence electrons. The third-order valence-corrected chi connectivity index (χ3v) is 3.36. The number of imidazole rings is 1. The van der Waals surface area contributed by atoms with E-state index in [0.29, 0.717) is 5.71 Å². The van der Waals surface area contributed by atoms with Crippen LogP contribution in [0.4, 0.5) is 0 Å². The van der Waals surface area contributed by atoms with Gasteiger partial charge in [0, 0.05) is 20.3 Å². The molecule has 0 amide bonds. The maximum absolute atomic E-state index is 9.99. The zero-order valence-electron chi connectivity index (χ0n) is 11.2. The summed E-state index contributed by atoms with van der Waals surface area (Å²) in [6.07, 6.45) is 1.58. The Morgan fingerprint density at radius 1 is 1.41 bits per heavy atom. The third-order valence-electron chi connectivity index (χ3n) is 3.36. The molecular weight excluding hydrogens is 218 g/mol. The lowest BCUT2D eigenvalue weighted by Crippen LogP contribution is -2.46. The third kappa shape index (κ3) is 2.14. The Hall–Kier alpha value is -1.52. The second-order valence-corrected chi connectivity index (χ2v) is 4.28. The molecule has 0 saturated heterocycles.